The first-order valence-corrected chi connectivity index (χ1v) is 7.86. The smallest absolute Gasteiger partial charge is 0.185 e. The van der Waals surface area contributed by atoms with Crippen molar-refractivity contribution in [3.63, 3.8) is 0 Å². The van der Waals surface area contributed by atoms with Gasteiger partial charge in [0.2, 0.25) is 0 Å². The number of ketones is 1. The lowest BCUT2D eigenvalue weighted by molar-refractivity contribution is 0.0987. The molecule has 0 aliphatic carbocycles. The zero-order chi connectivity index (χ0) is 13.1. The summed E-state index contributed by atoms with van der Waals surface area (Å²) in [7, 11) is 0. The first-order chi connectivity index (χ1) is 8.58. The summed E-state index contributed by atoms with van der Waals surface area (Å²) in [4.78, 5) is 12.2. The molecule has 0 saturated carbocycles. The molecule has 1 atom stereocenters. The van der Waals surface area contributed by atoms with Gasteiger partial charge in [0.1, 0.15) is 5.38 Å². The number of alkyl halides is 1. The monoisotopic (exact) mass is 482 g/mol. The van der Waals surface area contributed by atoms with Gasteiger partial charge in [-0.1, -0.05) is 24.3 Å². The minimum atomic E-state index is -0.623. The van der Waals surface area contributed by atoms with E-state index in [1.807, 2.05) is 48.5 Å². The van der Waals surface area contributed by atoms with Crippen LogP contribution in [-0.2, 0) is 0 Å². The van der Waals surface area contributed by atoms with E-state index in [1.165, 1.54) is 0 Å². The van der Waals surface area contributed by atoms with Crippen LogP contribution in [0.4, 0.5) is 0 Å². The van der Waals surface area contributed by atoms with Crippen LogP contribution in [0, 0.1) is 7.14 Å². The number of hydrogen-bond acceptors (Lipinski definition) is 1. The Morgan fingerprint density at radius 3 is 1.83 bits per heavy atom. The topological polar surface area (TPSA) is 17.1 Å². The van der Waals surface area contributed by atoms with Crippen LogP contribution in [-0.4, -0.2) is 5.78 Å². The molecule has 2 aromatic carbocycles. The van der Waals surface area contributed by atoms with Crippen LogP contribution in [0.1, 0.15) is 21.3 Å². The van der Waals surface area contributed by atoms with Crippen LogP contribution in [0.5, 0.6) is 0 Å². The third kappa shape index (κ3) is 3.45. The Bertz CT molecular complexity index is 549. The van der Waals surface area contributed by atoms with Crippen LogP contribution < -0.4 is 0 Å². The molecule has 0 N–H and O–H groups in total. The van der Waals surface area contributed by atoms with E-state index >= 15 is 0 Å². The molecule has 0 spiro atoms. The van der Waals surface area contributed by atoms with Crippen molar-refractivity contribution in [2.45, 2.75) is 5.38 Å². The first kappa shape index (κ1) is 14.3. The lowest BCUT2D eigenvalue weighted by Crippen LogP contribution is -2.07. The highest BCUT2D eigenvalue weighted by atomic mass is 127. The number of benzene rings is 2. The maximum atomic E-state index is 12.2. The molecule has 2 aromatic rings. The van der Waals surface area contributed by atoms with Gasteiger partial charge in [-0.2, -0.15) is 0 Å². The molecule has 18 heavy (non-hydrogen) atoms. The van der Waals surface area contributed by atoms with Crippen molar-refractivity contribution in [2.75, 3.05) is 0 Å². The summed E-state index contributed by atoms with van der Waals surface area (Å²) in [5.74, 6) is -0.0609. The zero-order valence-corrected chi connectivity index (χ0v) is 14.3. The van der Waals surface area contributed by atoms with E-state index in [-0.39, 0.29) is 5.78 Å². The zero-order valence-electron chi connectivity index (χ0n) is 9.24. The van der Waals surface area contributed by atoms with Gasteiger partial charge in [0.25, 0.3) is 0 Å². The Morgan fingerprint density at radius 1 is 0.889 bits per heavy atom. The minimum Gasteiger partial charge on any atom is -0.292 e. The standard InChI is InChI=1S/C14H9ClI2O/c15-13(9-1-5-11(16)6-2-9)14(18)10-3-7-12(17)8-4-10/h1-8,13H. The lowest BCUT2D eigenvalue weighted by Gasteiger charge is -2.09. The van der Waals surface area contributed by atoms with E-state index in [1.54, 1.807) is 0 Å². The summed E-state index contributed by atoms with van der Waals surface area (Å²) in [6.45, 7) is 0. The summed E-state index contributed by atoms with van der Waals surface area (Å²) < 4.78 is 2.23. The van der Waals surface area contributed by atoms with Crippen molar-refractivity contribution in [1.29, 1.82) is 0 Å². The minimum absolute atomic E-state index is 0.0609. The van der Waals surface area contributed by atoms with E-state index < -0.39 is 5.38 Å². The van der Waals surface area contributed by atoms with E-state index in [4.69, 9.17) is 11.6 Å². The van der Waals surface area contributed by atoms with Gasteiger partial charge in [0, 0.05) is 12.7 Å². The van der Waals surface area contributed by atoms with Gasteiger partial charge in [-0.25, -0.2) is 0 Å². The Balaban J connectivity index is 2.23. The maximum Gasteiger partial charge on any atom is 0.185 e. The van der Waals surface area contributed by atoms with Gasteiger partial charge in [-0.05, 0) is 75.0 Å². The van der Waals surface area contributed by atoms with Crippen molar-refractivity contribution < 1.29 is 4.79 Å². The van der Waals surface area contributed by atoms with Gasteiger partial charge >= 0.3 is 0 Å². The fourth-order valence-corrected chi connectivity index (χ4v) is 2.53. The van der Waals surface area contributed by atoms with E-state index in [0.29, 0.717) is 5.56 Å². The molecule has 1 nitrogen and oxygen atoms in total. The fourth-order valence-electron chi connectivity index (χ4n) is 1.54. The van der Waals surface area contributed by atoms with Gasteiger partial charge in [-0.15, -0.1) is 11.6 Å². The van der Waals surface area contributed by atoms with Crippen molar-refractivity contribution in [3.8, 4) is 0 Å². The molecule has 0 saturated heterocycles. The predicted octanol–water partition coefficient (Wildman–Crippen LogP) is 5.06. The van der Waals surface area contributed by atoms with Crippen LogP contribution in [0.2, 0.25) is 0 Å². The number of hydrogen-bond donors (Lipinski definition) is 0. The van der Waals surface area contributed by atoms with Crippen LogP contribution >= 0.6 is 56.8 Å². The number of carbonyl (C=O) groups is 1. The lowest BCUT2D eigenvalue weighted by atomic mass is 10.0. The third-order valence-electron chi connectivity index (χ3n) is 2.52. The molecule has 1 unspecified atom stereocenters. The van der Waals surface area contributed by atoms with E-state index in [0.717, 1.165) is 12.7 Å². The molecule has 0 bridgehead atoms. The average Bonchev–Trinajstić information content (AvgIpc) is 2.39. The SMILES string of the molecule is O=C(c1ccc(I)cc1)C(Cl)c1ccc(I)cc1. The molecule has 0 aromatic heterocycles. The highest BCUT2D eigenvalue weighted by Crippen LogP contribution is 2.26. The van der Waals surface area contributed by atoms with Crippen molar-refractivity contribution in [1.82, 2.24) is 0 Å². The second kappa shape index (κ2) is 6.34. The second-order valence-corrected chi connectivity index (χ2v) is 6.71. The molecule has 2 rings (SSSR count). The number of rotatable bonds is 3. The number of carbonyl (C=O) groups excluding carboxylic acids is 1. The molecule has 4 heteroatoms. The molecular weight excluding hydrogens is 473 g/mol. The van der Waals surface area contributed by atoms with Crippen LogP contribution in [0.25, 0.3) is 0 Å². The largest absolute Gasteiger partial charge is 0.292 e. The predicted molar refractivity (Wildman–Crippen MR) is 91.2 cm³/mol. The quantitative estimate of drug-likeness (QED) is 0.340. The highest BCUT2D eigenvalue weighted by Gasteiger charge is 2.19. The second-order valence-electron chi connectivity index (χ2n) is 3.79. The first-order valence-electron chi connectivity index (χ1n) is 5.27. The molecule has 0 aliphatic rings. The third-order valence-corrected chi connectivity index (χ3v) is 4.41. The Kier molecular flexibility index (Phi) is 5.03. The van der Waals surface area contributed by atoms with Crippen molar-refractivity contribution in [3.05, 3.63) is 66.8 Å². The van der Waals surface area contributed by atoms with Gasteiger partial charge < -0.3 is 0 Å². The van der Waals surface area contributed by atoms with Gasteiger partial charge in [0.15, 0.2) is 5.78 Å². The summed E-state index contributed by atoms with van der Waals surface area (Å²) >= 11 is 10.7. The molecule has 92 valence electrons. The molecular formula is C14H9ClI2O. The number of halogens is 3. The Morgan fingerprint density at radius 2 is 1.33 bits per heavy atom. The Labute approximate surface area is 138 Å². The summed E-state index contributed by atoms with van der Waals surface area (Å²) in [6.07, 6.45) is 0. The average molecular weight is 482 g/mol. The maximum absolute atomic E-state index is 12.2. The highest BCUT2D eigenvalue weighted by molar-refractivity contribution is 14.1. The fraction of sp³-hybridized carbons (Fsp3) is 0.0714. The van der Waals surface area contributed by atoms with E-state index in [2.05, 4.69) is 45.2 Å². The van der Waals surface area contributed by atoms with Crippen molar-refractivity contribution >= 4 is 62.6 Å². The van der Waals surface area contributed by atoms with Gasteiger partial charge in [0.05, 0.1) is 0 Å². The summed E-state index contributed by atoms with van der Waals surface area (Å²) in [5.41, 5.74) is 1.48. The van der Waals surface area contributed by atoms with Gasteiger partial charge in [-0.3, -0.25) is 4.79 Å². The number of Topliss-reactive ketones (excluding diaryl/α,β-unsaturated/α-hetero) is 1. The van der Waals surface area contributed by atoms with Crippen LogP contribution in [0.3, 0.4) is 0 Å². The van der Waals surface area contributed by atoms with Crippen molar-refractivity contribution in [2.24, 2.45) is 0 Å². The summed E-state index contributed by atoms with van der Waals surface area (Å²) in [5, 5.41) is -0.623. The molecule has 0 heterocycles. The van der Waals surface area contributed by atoms with E-state index in [9.17, 15) is 4.79 Å². The molecule has 0 amide bonds. The summed E-state index contributed by atoms with van der Waals surface area (Å²) in [6, 6.07) is 15.1. The molecule has 0 radical (unpaired) electrons. The van der Waals surface area contributed by atoms with Crippen LogP contribution in [0.15, 0.2) is 48.5 Å². The molecule has 0 fully saturated rings. The Hall–Kier alpha value is -0.140. The molecule has 0 aliphatic heterocycles. The normalized spacial score (nSPS) is 12.2.